The topological polar surface area (TPSA) is 95.8 Å². The second kappa shape index (κ2) is 9.21. The van der Waals surface area contributed by atoms with E-state index in [2.05, 4.69) is 5.32 Å². The summed E-state index contributed by atoms with van der Waals surface area (Å²) in [5.74, 6) is -0.388. The molecule has 152 valence electrons. The lowest BCUT2D eigenvalue weighted by molar-refractivity contribution is -0.384. The number of carbonyl (C=O) groups is 2. The van der Waals surface area contributed by atoms with E-state index in [1.807, 2.05) is 4.90 Å². The van der Waals surface area contributed by atoms with Crippen LogP contribution in [0.2, 0.25) is 10.0 Å². The fraction of sp³-hybridized carbons (Fsp3) is 0.263. The standard InChI is InChI=1S/C19H18Cl2N4O4/c20-14-3-1-2-13(10-14)19(27)24-8-6-23(7-9-24)12-18(26)22-15-4-5-16(21)17(11-15)25(28)29/h1-5,10-11H,6-9,12H2,(H,22,26). The molecule has 29 heavy (non-hydrogen) atoms. The van der Waals surface area contributed by atoms with E-state index in [1.54, 1.807) is 29.2 Å². The first-order valence-corrected chi connectivity index (χ1v) is 9.60. The second-order valence-electron chi connectivity index (χ2n) is 6.55. The average Bonchev–Trinajstić information content (AvgIpc) is 2.69. The van der Waals surface area contributed by atoms with Gasteiger partial charge < -0.3 is 10.2 Å². The summed E-state index contributed by atoms with van der Waals surface area (Å²) in [6.07, 6.45) is 0. The summed E-state index contributed by atoms with van der Waals surface area (Å²) < 4.78 is 0. The largest absolute Gasteiger partial charge is 0.336 e. The maximum Gasteiger partial charge on any atom is 0.289 e. The molecule has 3 rings (SSSR count). The Morgan fingerprint density at radius 2 is 1.79 bits per heavy atom. The Labute approximate surface area is 177 Å². The Hall–Kier alpha value is -2.68. The van der Waals surface area contributed by atoms with Crippen molar-refractivity contribution in [3.8, 4) is 0 Å². The minimum atomic E-state index is -0.603. The third-order valence-corrected chi connectivity index (χ3v) is 5.08. The van der Waals surface area contributed by atoms with Crippen molar-refractivity contribution < 1.29 is 14.5 Å². The lowest BCUT2D eigenvalue weighted by Crippen LogP contribution is -2.50. The van der Waals surface area contributed by atoms with E-state index in [-0.39, 0.29) is 29.1 Å². The Morgan fingerprint density at radius 3 is 2.45 bits per heavy atom. The molecule has 1 N–H and O–H groups in total. The predicted molar refractivity (Wildman–Crippen MR) is 111 cm³/mol. The predicted octanol–water partition coefficient (Wildman–Crippen LogP) is 3.30. The molecule has 0 saturated carbocycles. The summed E-state index contributed by atoms with van der Waals surface area (Å²) >= 11 is 11.7. The van der Waals surface area contributed by atoms with Gasteiger partial charge in [0.1, 0.15) is 5.02 Å². The fourth-order valence-electron chi connectivity index (χ4n) is 3.05. The van der Waals surface area contributed by atoms with Gasteiger partial charge in [0.05, 0.1) is 11.5 Å². The van der Waals surface area contributed by atoms with Crippen molar-refractivity contribution in [1.29, 1.82) is 0 Å². The lowest BCUT2D eigenvalue weighted by Gasteiger charge is -2.34. The highest BCUT2D eigenvalue weighted by atomic mass is 35.5. The molecule has 2 aromatic carbocycles. The first-order chi connectivity index (χ1) is 13.8. The van der Waals surface area contributed by atoms with Gasteiger partial charge in [-0.1, -0.05) is 29.3 Å². The summed E-state index contributed by atoms with van der Waals surface area (Å²) in [5, 5.41) is 14.1. The zero-order chi connectivity index (χ0) is 21.0. The van der Waals surface area contributed by atoms with Crippen molar-refractivity contribution in [2.45, 2.75) is 0 Å². The molecule has 10 heteroatoms. The maximum atomic E-state index is 12.5. The maximum absolute atomic E-state index is 12.5. The molecule has 0 radical (unpaired) electrons. The second-order valence-corrected chi connectivity index (χ2v) is 7.39. The molecular weight excluding hydrogens is 419 g/mol. The van der Waals surface area contributed by atoms with Crippen LogP contribution in [0.25, 0.3) is 0 Å². The normalized spacial score (nSPS) is 14.5. The van der Waals surface area contributed by atoms with Gasteiger partial charge in [0.25, 0.3) is 11.6 Å². The van der Waals surface area contributed by atoms with E-state index >= 15 is 0 Å². The van der Waals surface area contributed by atoms with Crippen molar-refractivity contribution in [3.05, 3.63) is 68.2 Å². The van der Waals surface area contributed by atoms with E-state index in [0.717, 1.165) is 0 Å². The van der Waals surface area contributed by atoms with Crippen LogP contribution in [0, 0.1) is 10.1 Å². The SMILES string of the molecule is O=C(CN1CCN(C(=O)c2cccc(Cl)c2)CC1)Nc1ccc(Cl)c([N+](=O)[O-])c1. The van der Waals surface area contributed by atoms with E-state index in [0.29, 0.717) is 42.5 Å². The van der Waals surface area contributed by atoms with Crippen LogP contribution in [0.4, 0.5) is 11.4 Å². The highest BCUT2D eigenvalue weighted by Crippen LogP contribution is 2.27. The van der Waals surface area contributed by atoms with Gasteiger partial charge in [0.2, 0.25) is 5.91 Å². The van der Waals surface area contributed by atoms with Gasteiger partial charge in [-0.15, -0.1) is 0 Å². The fourth-order valence-corrected chi connectivity index (χ4v) is 3.42. The molecule has 1 heterocycles. The summed E-state index contributed by atoms with van der Waals surface area (Å²) in [6, 6.07) is 10.9. The van der Waals surface area contributed by atoms with Crippen molar-refractivity contribution in [2.24, 2.45) is 0 Å². The zero-order valence-electron chi connectivity index (χ0n) is 15.3. The van der Waals surface area contributed by atoms with Gasteiger partial charge in [-0.25, -0.2) is 0 Å². The third kappa shape index (κ3) is 5.44. The molecule has 2 aromatic rings. The molecule has 2 amide bonds. The minimum absolute atomic E-state index is 0.00786. The number of nitrogens with one attached hydrogen (secondary N) is 1. The number of rotatable bonds is 5. The summed E-state index contributed by atoms with van der Waals surface area (Å²) in [6.45, 7) is 2.19. The van der Waals surface area contributed by atoms with Crippen LogP contribution in [0.5, 0.6) is 0 Å². The van der Waals surface area contributed by atoms with Gasteiger partial charge >= 0.3 is 0 Å². The molecule has 1 saturated heterocycles. The first-order valence-electron chi connectivity index (χ1n) is 8.84. The number of halogens is 2. The first kappa shape index (κ1) is 21.0. The van der Waals surface area contributed by atoms with E-state index in [1.165, 1.54) is 18.2 Å². The number of hydrogen-bond donors (Lipinski definition) is 1. The number of piperazine rings is 1. The minimum Gasteiger partial charge on any atom is -0.336 e. The molecular formula is C19H18Cl2N4O4. The van der Waals surface area contributed by atoms with Crippen molar-refractivity contribution in [2.75, 3.05) is 38.0 Å². The number of benzene rings is 2. The molecule has 0 spiro atoms. The quantitative estimate of drug-likeness (QED) is 0.572. The Kier molecular flexibility index (Phi) is 6.68. The lowest BCUT2D eigenvalue weighted by atomic mass is 10.2. The van der Waals surface area contributed by atoms with Gasteiger partial charge in [-0.05, 0) is 30.3 Å². The highest BCUT2D eigenvalue weighted by Gasteiger charge is 2.23. The number of hydrogen-bond acceptors (Lipinski definition) is 5. The molecule has 0 unspecified atom stereocenters. The van der Waals surface area contributed by atoms with Crippen LogP contribution in [0.3, 0.4) is 0 Å². The van der Waals surface area contributed by atoms with Crippen molar-refractivity contribution in [1.82, 2.24) is 9.80 Å². The third-order valence-electron chi connectivity index (χ3n) is 4.52. The zero-order valence-corrected chi connectivity index (χ0v) is 16.8. The van der Waals surface area contributed by atoms with Crippen LogP contribution in [-0.4, -0.2) is 59.3 Å². The van der Waals surface area contributed by atoms with Crippen LogP contribution < -0.4 is 5.32 Å². The number of nitrogens with zero attached hydrogens (tertiary/aromatic N) is 3. The van der Waals surface area contributed by atoms with Crippen LogP contribution in [-0.2, 0) is 4.79 Å². The summed E-state index contributed by atoms with van der Waals surface area (Å²) in [5.41, 5.74) is 0.575. The molecule has 1 aliphatic rings. The number of anilines is 1. The van der Waals surface area contributed by atoms with Crippen LogP contribution in [0.1, 0.15) is 10.4 Å². The van der Waals surface area contributed by atoms with Crippen LogP contribution in [0.15, 0.2) is 42.5 Å². The van der Waals surface area contributed by atoms with Gasteiger partial charge in [0, 0.05) is 48.5 Å². The molecule has 1 aliphatic heterocycles. The van der Waals surface area contributed by atoms with E-state index in [9.17, 15) is 19.7 Å². The van der Waals surface area contributed by atoms with Crippen molar-refractivity contribution in [3.63, 3.8) is 0 Å². The Bertz CT molecular complexity index is 946. The molecule has 0 aliphatic carbocycles. The van der Waals surface area contributed by atoms with E-state index < -0.39 is 4.92 Å². The molecule has 8 nitrogen and oxygen atoms in total. The molecule has 1 fully saturated rings. The monoisotopic (exact) mass is 436 g/mol. The Balaban J connectivity index is 1.52. The van der Waals surface area contributed by atoms with Gasteiger partial charge in [-0.3, -0.25) is 24.6 Å². The average molecular weight is 437 g/mol. The summed E-state index contributed by atoms with van der Waals surface area (Å²) in [4.78, 5) is 38.8. The molecule has 0 atom stereocenters. The highest BCUT2D eigenvalue weighted by molar-refractivity contribution is 6.32. The smallest absolute Gasteiger partial charge is 0.289 e. The van der Waals surface area contributed by atoms with Crippen LogP contribution >= 0.6 is 23.2 Å². The molecule has 0 aromatic heterocycles. The van der Waals surface area contributed by atoms with Gasteiger partial charge in [0.15, 0.2) is 0 Å². The van der Waals surface area contributed by atoms with E-state index in [4.69, 9.17) is 23.2 Å². The van der Waals surface area contributed by atoms with Gasteiger partial charge in [-0.2, -0.15) is 0 Å². The number of carbonyl (C=O) groups excluding carboxylic acids is 2. The number of amides is 2. The molecule has 0 bridgehead atoms. The van der Waals surface area contributed by atoms with Crippen molar-refractivity contribution >= 4 is 46.4 Å². The Morgan fingerprint density at radius 1 is 1.07 bits per heavy atom. The summed E-state index contributed by atoms with van der Waals surface area (Å²) in [7, 11) is 0. The number of nitro benzene ring substituents is 1. The number of nitro groups is 1.